The number of aromatic nitrogens is 2. The number of hydrogen-bond donors (Lipinski definition) is 2. The van der Waals surface area contributed by atoms with Gasteiger partial charge in [0.15, 0.2) is 0 Å². The van der Waals surface area contributed by atoms with E-state index >= 15 is 0 Å². The number of carbonyl (C=O) groups is 1. The number of aryl methyl sites for hydroxylation is 1. The molecule has 2 rings (SSSR count). The third kappa shape index (κ3) is 4.39. The molecule has 110 valence electrons. The van der Waals surface area contributed by atoms with Gasteiger partial charge in [0.25, 0.3) is 5.91 Å². The minimum Gasteiger partial charge on any atom is -0.367 e. The molecule has 0 aliphatic carbocycles. The van der Waals surface area contributed by atoms with Gasteiger partial charge in [0.1, 0.15) is 11.6 Å². The number of nitrogens with one attached hydrogen (secondary N) is 2. The first-order valence-electron chi connectivity index (χ1n) is 6.34. The van der Waals surface area contributed by atoms with E-state index in [1.54, 1.807) is 6.07 Å². The van der Waals surface area contributed by atoms with E-state index in [2.05, 4.69) is 20.8 Å². The molecule has 1 aromatic carbocycles. The summed E-state index contributed by atoms with van der Waals surface area (Å²) in [6.07, 6.45) is 0. The third-order valence-corrected chi connectivity index (χ3v) is 3.00. The Morgan fingerprint density at radius 3 is 2.71 bits per heavy atom. The standard InChI is InChI=1S/C14H14ClFN4O/c1-9-2-5-13(20-19-9)17-6-7-18-14(21)11-4-3-10(16)8-12(11)15/h2-5,8H,6-7H2,1H3,(H,17,20)(H,18,21). The van der Waals surface area contributed by atoms with E-state index in [4.69, 9.17) is 11.6 Å². The van der Waals surface area contributed by atoms with Gasteiger partial charge >= 0.3 is 0 Å². The highest BCUT2D eigenvalue weighted by molar-refractivity contribution is 6.33. The number of anilines is 1. The van der Waals surface area contributed by atoms with Gasteiger partial charge in [-0.25, -0.2) is 4.39 Å². The maximum Gasteiger partial charge on any atom is 0.252 e. The summed E-state index contributed by atoms with van der Waals surface area (Å²) in [4.78, 5) is 11.9. The summed E-state index contributed by atoms with van der Waals surface area (Å²) in [5.41, 5.74) is 1.08. The average molecular weight is 309 g/mol. The highest BCUT2D eigenvalue weighted by atomic mass is 35.5. The van der Waals surface area contributed by atoms with Gasteiger partial charge in [-0.2, -0.15) is 5.10 Å². The number of halogens is 2. The minimum atomic E-state index is -0.476. The largest absolute Gasteiger partial charge is 0.367 e. The molecule has 0 bridgehead atoms. The number of amides is 1. The molecule has 0 saturated carbocycles. The van der Waals surface area contributed by atoms with Gasteiger partial charge in [0.05, 0.1) is 16.3 Å². The van der Waals surface area contributed by atoms with Crippen LogP contribution in [0.5, 0.6) is 0 Å². The predicted octanol–water partition coefficient (Wildman–Crippen LogP) is 2.42. The summed E-state index contributed by atoms with van der Waals surface area (Å²) >= 11 is 5.81. The maximum atomic E-state index is 12.9. The average Bonchev–Trinajstić information content (AvgIpc) is 2.45. The smallest absolute Gasteiger partial charge is 0.252 e. The zero-order chi connectivity index (χ0) is 15.2. The van der Waals surface area contributed by atoms with Crippen molar-refractivity contribution >= 4 is 23.3 Å². The van der Waals surface area contributed by atoms with Gasteiger partial charge in [-0.05, 0) is 37.3 Å². The van der Waals surface area contributed by atoms with E-state index in [1.165, 1.54) is 12.1 Å². The summed E-state index contributed by atoms with van der Waals surface area (Å²) in [6.45, 7) is 2.72. The van der Waals surface area contributed by atoms with Crippen molar-refractivity contribution in [3.8, 4) is 0 Å². The van der Waals surface area contributed by atoms with Crippen LogP contribution in [0.1, 0.15) is 16.1 Å². The lowest BCUT2D eigenvalue weighted by Crippen LogP contribution is -2.29. The van der Waals surface area contributed by atoms with Crippen LogP contribution in [0.25, 0.3) is 0 Å². The van der Waals surface area contributed by atoms with Crippen LogP contribution in [-0.2, 0) is 0 Å². The van der Waals surface area contributed by atoms with Crippen LogP contribution in [0.3, 0.4) is 0 Å². The molecule has 0 aliphatic rings. The third-order valence-electron chi connectivity index (χ3n) is 2.69. The highest BCUT2D eigenvalue weighted by Gasteiger charge is 2.10. The molecule has 0 atom stereocenters. The maximum absolute atomic E-state index is 12.9. The SMILES string of the molecule is Cc1ccc(NCCNC(=O)c2ccc(F)cc2Cl)nn1. The van der Waals surface area contributed by atoms with Crippen LogP contribution in [0, 0.1) is 12.7 Å². The molecule has 0 spiro atoms. The fourth-order valence-corrected chi connectivity index (χ4v) is 1.88. The molecule has 0 radical (unpaired) electrons. The second kappa shape index (κ2) is 6.99. The van der Waals surface area contributed by atoms with Crippen molar-refractivity contribution < 1.29 is 9.18 Å². The molecule has 5 nitrogen and oxygen atoms in total. The van der Waals surface area contributed by atoms with E-state index in [0.717, 1.165) is 11.8 Å². The summed E-state index contributed by atoms with van der Waals surface area (Å²) in [5, 5.41) is 13.6. The van der Waals surface area contributed by atoms with Crippen LogP contribution in [0.2, 0.25) is 5.02 Å². The Hall–Kier alpha value is -2.21. The molecular weight excluding hydrogens is 295 g/mol. The number of nitrogens with zero attached hydrogens (tertiary/aromatic N) is 2. The summed E-state index contributed by atoms with van der Waals surface area (Å²) in [7, 11) is 0. The van der Waals surface area contributed by atoms with Crippen molar-refractivity contribution in [2.24, 2.45) is 0 Å². The lowest BCUT2D eigenvalue weighted by atomic mass is 10.2. The van der Waals surface area contributed by atoms with E-state index in [1.807, 2.05) is 13.0 Å². The molecule has 0 aliphatic heterocycles. The van der Waals surface area contributed by atoms with Gasteiger partial charge in [-0.3, -0.25) is 4.79 Å². The second-order valence-corrected chi connectivity index (χ2v) is 4.77. The highest BCUT2D eigenvalue weighted by Crippen LogP contribution is 2.16. The van der Waals surface area contributed by atoms with Crippen molar-refractivity contribution in [2.75, 3.05) is 18.4 Å². The van der Waals surface area contributed by atoms with E-state index in [-0.39, 0.29) is 16.5 Å². The Kier molecular flexibility index (Phi) is 5.05. The second-order valence-electron chi connectivity index (χ2n) is 4.37. The van der Waals surface area contributed by atoms with Gasteiger partial charge in [0.2, 0.25) is 0 Å². The zero-order valence-corrected chi connectivity index (χ0v) is 12.1. The molecule has 0 fully saturated rings. The first-order chi connectivity index (χ1) is 10.1. The molecule has 2 aromatic rings. The number of benzene rings is 1. The zero-order valence-electron chi connectivity index (χ0n) is 11.4. The molecule has 0 unspecified atom stereocenters. The van der Waals surface area contributed by atoms with Crippen LogP contribution < -0.4 is 10.6 Å². The molecule has 0 saturated heterocycles. The normalized spacial score (nSPS) is 10.2. The number of carbonyl (C=O) groups excluding carboxylic acids is 1. The van der Waals surface area contributed by atoms with Crippen molar-refractivity contribution in [3.63, 3.8) is 0 Å². The van der Waals surface area contributed by atoms with E-state index in [9.17, 15) is 9.18 Å². The fraction of sp³-hybridized carbons (Fsp3) is 0.214. The number of hydrogen-bond acceptors (Lipinski definition) is 4. The Balaban J connectivity index is 1.80. The lowest BCUT2D eigenvalue weighted by molar-refractivity contribution is 0.0955. The van der Waals surface area contributed by atoms with Crippen LogP contribution in [0.15, 0.2) is 30.3 Å². The summed E-state index contributed by atoms with van der Waals surface area (Å²) < 4.78 is 12.9. The Labute approximate surface area is 126 Å². The molecular formula is C14H14ClFN4O. The Morgan fingerprint density at radius 1 is 1.24 bits per heavy atom. The number of rotatable bonds is 5. The topological polar surface area (TPSA) is 66.9 Å². The van der Waals surface area contributed by atoms with E-state index in [0.29, 0.717) is 18.9 Å². The van der Waals surface area contributed by atoms with Crippen molar-refractivity contribution in [3.05, 3.63) is 52.4 Å². The molecule has 7 heteroatoms. The molecule has 1 aromatic heterocycles. The lowest BCUT2D eigenvalue weighted by Gasteiger charge is -2.08. The van der Waals surface area contributed by atoms with Gasteiger partial charge in [-0.1, -0.05) is 11.6 Å². The van der Waals surface area contributed by atoms with Gasteiger partial charge in [0, 0.05) is 13.1 Å². The predicted molar refractivity (Wildman–Crippen MR) is 79.0 cm³/mol. The molecule has 1 heterocycles. The van der Waals surface area contributed by atoms with Crippen molar-refractivity contribution in [1.29, 1.82) is 0 Å². The van der Waals surface area contributed by atoms with Crippen molar-refractivity contribution in [2.45, 2.75) is 6.92 Å². The fourth-order valence-electron chi connectivity index (χ4n) is 1.63. The Bertz CT molecular complexity index is 633. The van der Waals surface area contributed by atoms with E-state index < -0.39 is 5.82 Å². The van der Waals surface area contributed by atoms with Crippen LogP contribution in [0.4, 0.5) is 10.2 Å². The Morgan fingerprint density at radius 2 is 2.05 bits per heavy atom. The first-order valence-corrected chi connectivity index (χ1v) is 6.71. The van der Waals surface area contributed by atoms with Crippen LogP contribution >= 0.6 is 11.6 Å². The van der Waals surface area contributed by atoms with Crippen LogP contribution in [-0.4, -0.2) is 29.2 Å². The van der Waals surface area contributed by atoms with Gasteiger partial charge < -0.3 is 10.6 Å². The molecule has 1 amide bonds. The summed E-state index contributed by atoms with van der Waals surface area (Å²) in [6, 6.07) is 7.30. The van der Waals surface area contributed by atoms with Crippen molar-refractivity contribution in [1.82, 2.24) is 15.5 Å². The van der Waals surface area contributed by atoms with Gasteiger partial charge in [-0.15, -0.1) is 5.10 Å². The minimum absolute atomic E-state index is 0.0878. The summed E-state index contributed by atoms with van der Waals surface area (Å²) in [5.74, 6) is -0.192. The quantitative estimate of drug-likeness (QED) is 0.833. The molecule has 2 N–H and O–H groups in total. The monoisotopic (exact) mass is 308 g/mol. The first kappa shape index (κ1) is 15.2. The molecule has 21 heavy (non-hydrogen) atoms.